The number of carboxylic acid groups (broad SMARTS) is 1. The Hall–Kier alpha value is -3.86. The van der Waals surface area contributed by atoms with Crippen molar-refractivity contribution in [1.82, 2.24) is 5.32 Å². The number of hydrogen-bond donors (Lipinski definition) is 3. The average Bonchev–Trinajstić information content (AvgIpc) is 3.41. The van der Waals surface area contributed by atoms with E-state index in [1.807, 2.05) is 13.0 Å². The number of carbonyl (C=O) groups is 3. The lowest BCUT2D eigenvalue weighted by Crippen LogP contribution is -2.27. The second-order valence-electron chi connectivity index (χ2n) is 8.92. The summed E-state index contributed by atoms with van der Waals surface area (Å²) in [5.41, 5.74) is 2.85. The quantitative estimate of drug-likeness (QED) is 0.581. The minimum atomic E-state index is -0.870. The van der Waals surface area contributed by atoms with Crippen LogP contribution in [0.2, 0.25) is 0 Å². The van der Waals surface area contributed by atoms with E-state index in [1.54, 1.807) is 37.4 Å². The lowest BCUT2D eigenvalue weighted by molar-refractivity contribution is -0.137. The number of ether oxygens (including phenoxy) is 1. The molecule has 0 radical (unpaired) electrons. The molecule has 0 aromatic heterocycles. The van der Waals surface area contributed by atoms with Crippen molar-refractivity contribution in [3.63, 3.8) is 0 Å². The number of rotatable bonds is 7. The van der Waals surface area contributed by atoms with Crippen molar-refractivity contribution in [2.24, 2.45) is 11.8 Å². The highest BCUT2D eigenvalue weighted by atomic mass is 16.5. The van der Waals surface area contributed by atoms with Crippen LogP contribution in [0.25, 0.3) is 0 Å². The lowest BCUT2D eigenvalue weighted by atomic mass is 9.85. The minimum absolute atomic E-state index is 0.0327. The van der Waals surface area contributed by atoms with Gasteiger partial charge in [0.15, 0.2) is 0 Å². The van der Waals surface area contributed by atoms with Crippen molar-refractivity contribution in [2.45, 2.75) is 38.0 Å². The minimum Gasteiger partial charge on any atom is -0.493 e. The van der Waals surface area contributed by atoms with Crippen molar-refractivity contribution in [1.29, 1.82) is 5.26 Å². The molecule has 176 valence electrons. The van der Waals surface area contributed by atoms with Crippen LogP contribution in [0.1, 0.15) is 53.2 Å². The number of benzene rings is 2. The van der Waals surface area contributed by atoms with Gasteiger partial charge >= 0.3 is 5.97 Å². The summed E-state index contributed by atoms with van der Waals surface area (Å²) in [6.45, 7) is 2.51. The number of fused-ring (bicyclic) bond motifs is 2. The van der Waals surface area contributed by atoms with Crippen molar-refractivity contribution in [3.8, 4) is 11.8 Å². The number of carboxylic acids is 1. The molecule has 0 unspecified atom stereocenters. The first-order chi connectivity index (χ1) is 16.3. The Kier molecular flexibility index (Phi) is 6.29. The van der Waals surface area contributed by atoms with Gasteiger partial charge in [-0.3, -0.25) is 14.4 Å². The maximum atomic E-state index is 13.4. The fraction of sp³-hybridized carbons (Fsp3) is 0.385. The second kappa shape index (κ2) is 9.18. The van der Waals surface area contributed by atoms with E-state index in [0.29, 0.717) is 48.4 Å². The summed E-state index contributed by atoms with van der Waals surface area (Å²) in [4.78, 5) is 36.3. The predicted octanol–water partition coefficient (Wildman–Crippen LogP) is 3.25. The molecule has 8 nitrogen and oxygen atoms in total. The van der Waals surface area contributed by atoms with Gasteiger partial charge in [-0.25, -0.2) is 0 Å². The van der Waals surface area contributed by atoms with E-state index >= 15 is 0 Å². The molecule has 34 heavy (non-hydrogen) atoms. The number of amides is 2. The number of nitriles is 1. The summed E-state index contributed by atoms with van der Waals surface area (Å²) < 4.78 is 5.85. The van der Waals surface area contributed by atoms with E-state index in [1.165, 1.54) is 0 Å². The molecule has 2 aliphatic rings. The predicted molar refractivity (Wildman–Crippen MR) is 125 cm³/mol. The second-order valence-corrected chi connectivity index (χ2v) is 8.92. The van der Waals surface area contributed by atoms with E-state index in [-0.39, 0.29) is 35.5 Å². The van der Waals surface area contributed by atoms with Gasteiger partial charge in [-0.05, 0) is 55.0 Å². The summed E-state index contributed by atoms with van der Waals surface area (Å²) in [7, 11) is 1.57. The number of hydrogen-bond acceptors (Lipinski definition) is 5. The number of anilines is 1. The fourth-order valence-corrected chi connectivity index (χ4v) is 5.28. The summed E-state index contributed by atoms with van der Waals surface area (Å²) in [6.07, 6.45) is 1.65. The van der Waals surface area contributed by atoms with Crippen molar-refractivity contribution in [2.75, 3.05) is 19.0 Å². The molecular weight excluding hydrogens is 434 g/mol. The highest BCUT2D eigenvalue weighted by Gasteiger charge is 2.67. The fourth-order valence-electron chi connectivity index (χ4n) is 5.28. The molecule has 1 heterocycles. The highest BCUT2D eigenvalue weighted by molar-refractivity contribution is 5.98. The topological polar surface area (TPSA) is 129 Å². The van der Waals surface area contributed by atoms with Crippen molar-refractivity contribution < 1.29 is 24.2 Å². The zero-order chi connectivity index (χ0) is 24.5. The largest absolute Gasteiger partial charge is 0.493 e. The van der Waals surface area contributed by atoms with Crippen LogP contribution in [0.5, 0.6) is 5.75 Å². The third kappa shape index (κ3) is 4.10. The maximum Gasteiger partial charge on any atom is 0.303 e. The van der Waals surface area contributed by atoms with Gasteiger partial charge in [0.1, 0.15) is 5.75 Å². The molecule has 2 aromatic rings. The zero-order valence-electron chi connectivity index (χ0n) is 19.2. The van der Waals surface area contributed by atoms with Gasteiger partial charge in [0, 0.05) is 35.7 Å². The Morgan fingerprint density at radius 1 is 1.24 bits per heavy atom. The van der Waals surface area contributed by atoms with Gasteiger partial charge in [0.2, 0.25) is 5.91 Å². The van der Waals surface area contributed by atoms with E-state index in [9.17, 15) is 19.6 Å². The van der Waals surface area contributed by atoms with Gasteiger partial charge in [-0.15, -0.1) is 0 Å². The molecule has 8 heteroatoms. The molecule has 3 N–H and O–H groups in total. The molecule has 1 fully saturated rings. The number of nitrogens with one attached hydrogen (secondary N) is 2. The Morgan fingerprint density at radius 3 is 2.74 bits per heavy atom. The summed E-state index contributed by atoms with van der Waals surface area (Å²) >= 11 is 0. The van der Waals surface area contributed by atoms with E-state index in [4.69, 9.17) is 9.84 Å². The van der Waals surface area contributed by atoms with Crippen LogP contribution in [0.15, 0.2) is 36.4 Å². The number of aliphatic carboxylic acids is 1. The van der Waals surface area contributed by atoms with Gasteiger partial charge < -0.3 is 20.5 Å². The Balaban J connectivity index is 1.58. The van der Waals surface area contributed by atoms with E-state index in [0.717, 1.165) is 11.1 Å². The molecule has 1 aliphatic carbocycles. The van der Waals surface area contributed by atoms with E-state index < -0.39 is 5.97 Å². The van der Waals surface area contributed by atoms with Crippen LogP contribution < -0.4 is 15.4 Å². The average molecular weight is 462 g/mol. The first-order valence-electron chi connectivity index (χ1n) is 11.4. The standard InChI is InChI=1S/C26H27N3O5/c1-15-23(26(15)10-11-34-21-13-18(24(32)28-2)8-9-19(21)26)25(33)29-20-12-16(14-27)6-7-17(20)4-3-5-22(30)31/h6-9,12-13,15,23H,3-5,10-11H2,1-2H3,(H,28,32)(H,29,33)(H,30,31)/t15-,23-,26-/m0/s1. The molecule has 1 saturated carbocycles. The highest BCUT2D eigenvalue weighted by Crippen LogP contribution is 2.65. The van der Waals surface area contributed by atoms with Crippen LogP contribution in [0.4, 0.5) is 5.69 Å². The monoisotopic (exact) mass is 461 g/mol. The van der Waals surface area contributed by atoms with Gasteiger partial charge in [-0.2, -0.15) is 5.26 Å². The van der Waals surface area contributed by atoms with Crippen molar-refractivity contribution in [3.05, 3.63) is 58.7 Å². The third-order valence-corrected chi connectivity index (χ3v) is 7.12. The maximum absolute atomic E-state index is 13.4. The summed E-state index contributed by atoms with van der Waals surface area (Å²) in [5, 5.41) is 23.9. The molecule has 0 bridgehead atoms. The van der Waals surface area contributed by atoms with Crippen LogP contribution in [-0.4, -0.2) is 36.5 Å². The van der Waals surface area contributed by atoms with Crippen LogP contribution >= 0.6 is 0 Å². The molecule has 2 amide bonds. The van der Waals surface area contributed by atoms with Gasteiger partial charge in [-0.1, -0.05) is 19.1 Å². The SMILES string of the molecule is CNC(=O)c1ccc2c(c1)OCC[C@@]21[C@H](C(=O)Nc2cc(C#N)ccc2CCCC(=O)O)[C@@H]1C. The molecule has 1 aliphatic heterocycles. The van der Waals surface area contributed by atoms with Crippen LogP contribution in [0, 0.1) is 23.2 Å². The van der Waals surface area contributed by atoms with Crippen LogP contribution in [-0.2, 0) is 21.4 Å². The van der Waals surface area contributed by atoms with Crippen LogP contribution in [0.3, 0.4) is 0 Å². The zero-order valence-corrected chi connectivity index (χ0v) is 19.2. The molecule has 1 spiro atoms. The number of nitrogens with zero attached hydrogens (tertiary/aromatic N) is 1. The molecule has 3 atom stereocenters. The molecule has 2 aromatic carbocycles. The number of carbonyl (C=O) groups excluding carboxylic acids is 2. The van der Waals surface area contributed by atoms with Gasteiger partial charge in [0.25, 0.3) is 5.91 Å². The molecular formula is C26H27N3O5. The first kappa shape index (κ1) is 23.3. The third-order valence-electron chi connectivity index (χ3n) is 7.12. The van der Waals surface area contributed by atoms with Gasteiger partial charge in [0.05, 0.1) is 24.2 Å². The Morgan fingerprint density at radius 2 is 2.03 bits per heavy atom. The summed E-state index contributed by atoms with van der Waals surface area (Å²) in [6, 6.07) is 12.5. The van der Waals surface area contributed by atoms with Crippen molar-refractivity contribution >= 4 is 23.5 Å². The summed E-state index contributed by atoms with van der Waals surface area (Å²) in [5.74, 6) is -0.766. The van der Waals surface area contributed by atoms with E-state index in [2.05, 4.69) is 16.7 Å². The number of aryl methyl sites for hydroxylation is 1. The lowest BCUT2D eigenvalue weighted by Gasteiger charge is -2.28. The first-order valence-corrected chi connectivity index (χ1v) is 11.4. The molecule has 0 saturated heterocycles. The Bertz CT molecular complexity index is 1200. The Labute approximate surface area is 197 Å². The molecule has 4 rings (SSSR count). The normalized spacial score (nSPS) is 22.1. The smallest absolute Gasteiger partial charge is 0.303 e.